The average molecular weight is 354 g/mol. The highest BCUT2D eigenvalue weighted by molar-refractivity contribution is 9.10. The van der Waals surface area contributed by atoms with Gasteiger partial charge < -0.3 is 10.0 Å². The molecule has 1 amide bonds. The highest BCUT2D eigenvalue weighted by Crippen LogP contribution is 2.24. The predicted molar refractivity (Wildman–Crippen MR) is 85.4 cm³/mol. The number of carbonyl (C=O) groups excluding carboxylic acids is 1. The summed E-state index contributed by atoms with van der Waals surface area (Å²) in [6.07, 6.45) is 0.817. The van der Waals surface area contributed by atoms with Crippen LogP contribution in [0.2, 0.25) is 0 Å². The van der Waals surface area contributed by atoms with Crippen molar-refractivity contribution in [3.05, 3.63) is 50.6 Å². The molecule has 0 aliphatic rings. The van der Waals surface area contributed by atoms with Crippen LogP contribution < -0.4 is 0 Å². The summed E-state index contributed by atoms with van der Waals surface area (Å²) in [6, 6.07) is 9.07. The molecule has 3 nitrogen and oxygen atoms in total. The van der Waals surface area contributed by atoms with Crippen LogP contribution in [0.4, 0.5) is 0 Å². The molecule has 1 heterocycles. The Morgan fingerprint density at radius 2 is 2.20 bits per heavy atom. The Morgan fingerprint density at radius 3 is 2.80 bits per heavy atom. The van der Waals surface area contributed by atoms with Crippen LogP contribution in [0.1, 0.15) is 22.2 Å². The van der Waals surface area contributed by atoms with Crippen molar-refractivity contribution in [2.75, 3.05) is 7.05 Å². The van der Waals surface area contributed by atoms with Crippen molar-refractivity contribution in [3.8, 4) is 5.75 Å². The van der Waals surface area contributed by atoms with Crippen molar-refractivity contribution >= 4 is 33.2 Å². The molecular weight excluding hydrogens is 338 g/mol. The van der Waals surface area contributed by atoms with Gasteiger partial charge in [-0.1, -0.05) is 22.0 Å². The van der Waals surface area contributed by atoms with Crippen molar-refractivity contribution in [1.82, 2.24) is 4.90 Å². The zero-order valence-electron chi connectivity index (χ0n) is 11.3. The fourth-order valence-corrected chi connectivity index (χ4v) is 3.11. The van der Waals surface area contributed by atoms with Crippen molar-refractivity contribution in [1.29, 1.82) is 0 Å². The van der Waals surface area contributed by atoms with E-state index in [0.717, 1.165) is 10.9 Å². The SMILES string of the molecule is CC(Cc1cccs1)N(C)C(=O)c1ccc(Br)cc1O. The summed E-state index contributed by atoms with van der Waals surface area (Å²) < 4.78 is 0.751. The first-order valence-corrected chi connectivity index (χ1v) is 7.94. The second-order valence-corrected chi connectivity index (χ2v) is 6.66. The van der Waals surface area contributed by atoms with Gasteiger partial charge in [-0.25, -0.2) is 0 Å². The molecule has 0 aliphatic carbocycles. The molecule has 1 N–H and O–H groups in total. The first kappa shape index (κ1) is 15.1. The number of rotatable bonds is 4. The van der Waals surface area contributed by atoms with Crippen LogP contribution in [0.25, 0.3) is 0 Å². The summed E-state index contributed by atoms with van der Waals surface area (Å²) in [5, 5.41) is 11.9. The molecule has 0 fully saturated rings. The van der Waals surface area contributed by atoms with Gasteiger partial charge in [-0.05, 0) is 36.6 Å². The number of phenols is 1. The standard InChI is InChI=1S/C15H16BrNO2S/c1-10(8-12-4-3-7-20-12)17(2)15(19)13-6-5-11(16)9-14(13)18/h3-7,9-10,18H,8H2,1-2H3. The molecule has 0 bridgehead atoms. The second kappa shape index (κ2) is 6.41. The average Bonchev–Trinajstić information content (AvgIpc) is 2.90. The molecule has 2 rings (SSSR count). The molecule has 0 radical (unpaired) electrons. The Morgan fingerprint density at radius 1 is 1.45 bits per heavy atom. The summed E-state index contributed by atoms with van der Waals surface area (Å²) in [6.45, 7) is 2.01. The molecule has 1 aromatic heterocycles. The lowest BCUT2D eigenvalue weighted by atomic mass is 10.1. The highest BCUT2D eigenvalue weighted by atomic mass is 79.9. The largest absolute Gasteiger partial charge is 0.507 e. The third-order valence-electron chi connectivity index (χ3n) is 3.25. The van der Waals surface area contributed by atoms with Gasteiger partial charge in [0.15, 0.2) is 0 Å². The van der Waals surface area contributed by atoms with Gasteiger partial charge in [0.05, 0.1) is 5.56 Å². The second-order valence-electron chi connectivity index (χ2n) is 4.71. The minimum absolute atomic E-state index is 0.000418. The van der Waals surface area contributed by atoms with Gasteiger partial charge in [0.25, 0.3) is 5.91 Å². The zero-order chi connectivity index (χ0) is 14.7. The Kier molecular flexibility index (Phi) is 4.83. The lowest BCUT2D eigenvalue weighted by Crippen LogP contribution is -2.36. The van der Waals surface area contributed by atoms with E-state index < -0.39 is 0 Å². The first-order valence-electron chi connectivity index (χ1n) is 6.27. The third kappa shape index (κ3) is 3.41. The fraction of sp³-hybridized carbons (Fsp3) is 0.267. The van der Waals surface area contributed by atoms with E-state index in [1.54, 1.807) is 35.4 Å². The number of carbonyl (C=O) groups is 1. The topological polar surface area (TPSA) is 40.5 Å². The van der Waals surface area contributed by atoms with Crippen LogP contribution in [-0.2, 0) is 6.42 Å². The third-order valence-corrected chi connectivity index (χ3v) is 4.64. The van der Waals surface area contributed by atoms with E-state index in [9.17, 15) is 9.90 Å². The van der Waals surface area contributed by atoms with Gasteiger partial charge in [0, 0.05) is 28.9 Å². The summed E-state index contributed by atoms with van der Waals surface area (Å²) >= 11 is 4.96. The monoisotopic (exact) mass is 353 g/mol. The van der Waals surface area contributed by atoms with E-state index in [0.29, 0.717) is 5.56 Å². The number of amides is 1. The molecule has 1 atom stereocenters. The maximum absolute atomic E-state index is 12.4. The number of halogens is 1. The predicted octanol–water partition coefficient (Wildman–Crippen LogP) is 3.92. The lowest BCUT2D eigenvalue weighted by Gasteiger charge is -2.25. The molecule has 2 aromatic rings. The first-order chi connectivity index (χ1) is 9.49. The number of benzene rings is 1. The molecule has 0 spiro atoms. The smallest absolute Gasteiger partial charge is 0.257 e. The van der Waals surface area contributed by atoms with Gasteiger partial charge in [-0.3, -0.25) is 4.79 Å². The normalized spacial score (nSPS) is 12.2. The van der Waals surface area contributed by atoms with Crippen molar-refractivity contribution < 1.29 is 9.90 Å². The molecule has 0 aliphatic heterocycles. The number of thiophene rings is 1. The summed E-state index contributed by atoms with van der Waals surface area (Å²) in [7, 11) is 1.77. The summed E-state index contributed by atoms with van der Waals surface area (Å²) in [4.78, 5) is 15.3. The molecule has 0 saturated heterocycles. The van der Waals surface area contributed by atoms with E-state index in [1.165, 1.54) is 10.9 Å². The van der Waals surface area contributed by atoms with Crippen LogP contribution in [0.3, 0.4) is 0 Å². The summed E-state index contributed by atoms with van der Waals surface area (Å²) in [5.41, 5.74) is 0.328. The molecule has 1 unspecified atom stereocenters. The van der Waals surface area contributed by atoms with Gasteiger partial charge >= 0.3 is 0 Å². The number of hydrogen-bond donors (Lipinski definition) is 1. The van der Waals surface area contributed by atoms with Gasteiger partial charge in [-0.2, -0.15) is 0 Å². The van der Waals surface area contributed by atoms with Crippen LogP contribution >= 0.6 is 27.3 Å². The molecule has 5 heteroatoms. The molecule has 1 aromatic carbocycles. The van der Waals surface area contributed by atoms with Crippen molar-refractivity contribution in [3.63, 3.8) is 0 Å². The highest BCUT2D eigenvalue weighted by Gasteiger charge is 2.20. The van der Waals surface area contributed by atoms with E-state index in [1.807, 2.05) is 18.4 Å². The summed E-state index contributed by atoms with van der Waals surface area (Å²) in [5.74, 6) is -0.168. The van der Waals surface area contributed by atoms with Crippen molar-refractivity contribution in [2.24, 2.45) is 0 Å². The maximum atomic E-state index is 12.4. The van der Waals surface area contributed by atoms with Crippen LogP contribution in [0, 0.1) is 0 Å². The molecule has 0 saturated carbocycles. The Bertz CT molecular complexity index is 598. The Balaban J connectivity index is 2.11. The van der Waals surface area contributed by atoms with Crippen molar-refractivity contribution in [2.45, 2.75) is 19.4 Å². The maximum Gasteiger partial charge on any atom is 0.257 e. The number of hydrogen-bond acceptors (Lipinski definition) is 3. The number of nitrogens with zero attached hydrogens (tertiary/aromatic N) is 1. The Hall–Kier alpha value is -1.33. The van der Waals surface area contributed by atoms with E-state index in [2.05, 4.69) is 22.0 Å². The number of phenolic OH excluding ortho intramolecular Hbond substituents is 1. The van der Waals surface area contributed by atoms with Gasteiger partial charge in [0.1, 0.15) is 5.75 Å². The fourth-order valence-electron chi connectivity index (χ4n) is 1.93. The minimum Gasteiger partial charge on any atom is -0.507 e. The molecule has 106 valence electrons. The van der Waals surface area contributed by atoms with Crippen LogP contribution in [0.15, 0.2) is 40.2 Å². The minimum atomic E-state index is -0.168. The zero-order valence-corrected chi connectivity index (χ0v) is 13.7. The van der Waals surface area contributed by atoms with Gasteiger partial charge in [0.2, 0.25) is 0 Å². The molecular formula is C15H16BrNO2S. The Labute approximate surface area is 131 Å². The van der Waals surface area contributed by atoms with Gasteiger partial charge in [-0.15, -0.1) is 11.3 Å². The quantitative estimate of drug-likeness (QED) is 0.904. The lowest BCUT2D eigenvalue weighted by molar-refractivity contribution is 0.0741. The van der Waals surface area contributed by atoms with E-state index in [-0.39, 0.29) is 17.7 Å². The molecule has 20 heavy (non-hydrogen) atoms. The number of likely N-dealkylation sites (N-methyl/N-ethyl adjacent to an activating group) is 1. The van der Waals surface area contributed by atoms with E-state index >= 15 is 0 Å². The number of aromatic hydroxyl groups is 1. The van der Waals surface area contributed by atoms with Crippen LogP contribution in [0.5, 0.6) is 5.75 Å². The van der Waals surface area contributed by atoms with E-state index in [4.69, 9.17) is 0 Å². The van der Waals surface area contributed by atoms with Crippen LogP contribution in [-0.4, -0.2) is 29.0 Å².